The zero-order valence-corrected chi connectivity index (χ0v) is 12.6. The lowest BCUT2D eigenvalue weighted by Gasteiger charge is -2.14. The molecule has 0 bridgehead atoms. The van der Waals surface area contributed by atoms with Crippen LogP contribution in [0.5, 0.6) is 5.75 Å². The Balaban J connectivity index is 1.91. The number of hydrogen-bond acceptors (Lipinski definition) is 2. The van der Waals surface area contributed by atoms with Crippen LogP contribution in [0.3, 0.4) is 0 Å². The van der Waals surface area contributed by atoms with Crippen LogP contribution in [0, 0.1) is 19.8 Å². The topological polar surface area (TPSA) is 21.3 Å². The predicted octanol–water partition coefficient (Wildman–Crippen LogP) is 3.98. The summed E-state index contributed by atoms with van der Waals surface area (Å²) >= 11 is 0. The van der Waals surface area contributed by atoms with Crippen molar-refractivity contribution in [2.24, 2.45) is 5.92 Å². The largest absolute Gasteiger partial charge is 0.493 e. The van der Waals surface area contributed by atoms with E-state index in [1.807, 2.05) is 0 Å². The fourth-order valence-electron chi connectivity index (χ4n) is 2.51. The minimum Gasteiger partial charge on any atom is -0.493 e. The van der Waals surface area contributed by atoms with Crippen LogP contribution in [0.1, 0.15) is 49.3 Å². The van der Waals surface area contributed by atoms with Crippen LogP contribution >= 0.6 is 0 Å². The molecule has 0 radical (unpaired) electrons. The van der Waals surface area contributed by atoms with Gasteiger partial charge in [0.25, 0.3) is 0 Å². The quantitative estimate of drug-likeness (QED) is 0.715. The predicted molar refractivity (Wildman–Crippen MR) is 80.7 cm³/mol. The first-order chi connectivity index (χ1) is 9.20. The van der Waals surface area contributed by atoms with E-state index < -0.39 is 0 Å². The normalized spacial score (nSPS) is 14.7. The Bertz CT molecular complexity index is 387. The van der Waals surface area contributed by atoms with Crippen molar-refractivity contribution < 1.29 is 4.74 Å². The molecular formula is C17H27NO. The summed E-state index contributed by atoms with van der Waals surface area (Å²) in [6.45, 7) is 9.42. The molecule has 0 aliphatic heterocycles. The Morgan fingerprint density at radius 3 is 2.47 bits per heavy atom. The number of benzene rings is 1. The maximum absolute atomic E-state index is 5.98. The Labute approximate surface area is 117 Å². The van der Waals surface area contributed by atoms with Crippen molar-refractivity contribution in [1.82, 2.24) is 5.32 Å². The molecule has 0 unspecified atom stereocenters. The van der Waals surface area contributed by atoms with E-state index in [4.69, 9.17) is 4.74 Å². The Kier molecular flexibility index (Phi) is 5.26. The van der Waals surface area contributed by atoms with Crippen LogP contribution in [0.4, 0.5) is 0 Å². The summed E-state index contributed by atoms with van der Waals surface area (Å²) in [5, 5.41) is 3.45. The van der Waals surface area contributed by atoms with E-state index in [0.717, 1.165) is 31.4 Å². The fraction of sp³-hybridized carbons (Fsp3) is 0.647. The van der Waals surface area contributed by atoms with Gasteiger partial charge in [-0.3, -0.25) is 0 Å². The summed E-state index contributed by atoms with van der Waals surface area (Å²) in [7, 11) is 0. The van der Waals surface area contributed by atoms with E-state index in [-0.39, 0.29) is 0 Å². The van der Waals surface area contributed by atoms with Crippen LogP contribution < -0.4 is 10.1 Å². The third-order valence-corrected chi connectivity index (χ3v) is 3.75. The lowest BCUT2D eigenvalue weighted by Crippen LogP contribution is -2.14. The highest BCUT2D eigenvalue weighted by Gasteiger charge is 2.21. The van der Waals surface area contributed by atoms with Gasteiger partial charge in [-0.25, -0.2) is 0 Å². The molecule has 1 aliphatic rings. The van der Waals surface area contributed by atoms with Crippen LogP contribution in [-0.2, 0) is 6.54 Å². The molecule has 2 heteroatoms. The Hall–Kier alpha value is -1.02. The Morgan fingerprint density at radius 2 is 1.89 bits per heavy atom. The highest BCUT2D eigenvalue weighted by Crippen LogP contribution is 2.33. The molecule has 0 amide bonds. The number of ether oxygens (including phenoxy) is 1. The lowest BCUT2D eigenvalue weighted by molar-refractivity contribution is 0.298. The van der Waals surface area contributed by atoms with Crippen molar-refractivity contribution in [3.63, 3.8) is 0 Å². The minimum atomic E-state index is 0.875. The zero-order valence-electron chi connectivity index (χ0n) is 12.6. The zero-order chi connectivity index (χ0) is 13.7. The number of hydrogen-bond donors (Lipinski definition) is 1. The van der Waals surface area contributed by atoms with Crippen molar-refractivity contribution in [2.45, 2.75) is 53.0 Å². The van der Waals surface area contributed by atoms with E-state index in [1.165, 1.54) is 42.4 Å². The summed E-state index contributed by atoms with van der Waals surface area (Å²) in [6, 6.07) is 4.50. The van der Waals surface area contributed by atoms with E-state index in [2.05, 4.69) is 38.2 Å². The molecule has 0 heterocycles. The molecule has 106 valence electrons. The molecule has 1 aromatic rings. The summed E-state index contributed by atoms with van der Waals surface area (Å²) in [5.41, 5.74) is 3.89. The molecule has 2 rings (SSSR count). The first-order valence-corrected chi connectivity index (χ1v) is 7.64. The van der Waals surface area contributed by atoms with Crippen molar-refractivity contribution in [2.75, 3.05) is 13.2 Å². The maximum Gasteiger partial charge on any atom is 0.125 e. The maximum atomic E-state index is 5.98. The molecule has 1 fully saturated rings. The van der Waals surface area contributed by atoms with Gasteiger partial charge in [0, 0.05) is 6.54 Å². The van der Waals surface area contributed by atoms with E-state index in [1.54, 1.807) is 0 Å². The molecule has 0 aromatic heterocycles. The summed E-state index contributed by atoms with van der Waals surface area (Å²) in [5.74, 6) is 2.04. The molecule has 0 atom stereocenters. The van der Waals surface area contributed by atoms with Crippen LogP contribution in [0.2, 0.25) is 0 Å². The number of rotatable bonds is 8. The second kappa shape index (κ2) is 6.95. The van der Waals surface area contributed by atoms with Gasteiger partial charge in [0.1, 0.15) is 5.75 Å². The number of aryl methyl sites for hydroxylation is 2. The summed E-state index contributed by atoms with van der Waals surface area (Å²) < 4.78 is 5.98. The van der Waals surface area contributed by atoms with Gasteiger partial charge in [-0.2, -0.15) is 0 Å². The fourth-order valence-corrected chi connectivity index (χ4v) is 2.51. The first-order valence-electron chi connectivity index (χ1n) is 7.64. The molecule has 1 N–H and O–H groups in total. The smallest absolute Gasteiger partial charge is 0.125 e. The molecular weight excluding hydrogens is 234 g/mol. The summed E-state index contributed by atoms with van der Waals surface area (Å²) in [6.07, 6.45) is 5.21. The van der Waals surface area contributed by atoms with Crippen LogP contribution in [0.15, 0.2) is 12.1 Å². The molecule has 1 aliphatic carbocycles. The van der Waals surface area contributed by atoms with Crippen molar-refractivity contribution >= 4 is 0 Å². The third-order valence-electron chi connectivity index (χ3n) is 3.75. The van der Waals surface area contributed by atoms with E-state index >= 15 is 0 Å². The standard InChI is InChI=1S/C17H27NO/c1-4-8-18-12-16-10-13(2)17(14(3)11-16)19-9-7-15-5-6-15/h10-11,15,18H,4-9,12H2,1-3H3. The van der Waals surface area contributed by atoms with Gasteiger partial charge in [0.15, 0.2) is 0 Å². The molecule has 2 nitrogen and oxygen atoms in total. The average molecular weight is 261 g/mol. The van der Waals surface area contributed by atoms with Gasteiger partial charge in [0.05, 0.1) is 6.61 Å². The third kappa shape index (κ3) is 4.54. The minimum absolute atomic E-state index is 0.875. The summed E-state index contributed by atoms with van der Waals surface area (Å²) in [4.78, 5) is 0. The van der Waals surface area contributed by atoms with Gasteiger partial charge in [-0.05, 0) is 55.8 Å². The Morgan fingerprint density at radius 1 is 1.21 bits per heavy atom. The highest BCUT2D eigenvalue weighted by atomic mass is 16.5. The molecule has 1 saturated carbocycles. The average Bonchev–Trinajstić information content (AvgIpc) is 3.17. The van der Waals surface area contributed by atoms with Gasteiger partial charge in [0.2, 0.25) is 0 Å². The monoisotopic (exact) mass is 261 g/mol. The molecule has 1 aromatic carbocycles. The lowest BCUT2D eigenvalue weighted by atomic mass is 10.1. The van der Waals surface area contributed by atoms with E-state index in [9.17, 15) is 0 Å². The van der Waals surface area contributed by atoms with Gasteiger partial charge in [-0.15, -0.1) is 0 Å². The highest BCUT2D eigenvalue weighted by molar-refractivity contribution is 5.43. The number of nitrogens with one attached hydrogen (secondary N) is 1. The van der Waals surface area contributed by atoms with Crippen molar-refractivity contribution in [1.29, 1.82) is 0 Å². The SMILES string of the molecule is CCCNCc1cc(C)c(OCCC2CC2)c(C)c1. The second-order valence-corrected chi connectivity index (χ2v) is 5.82. The second-order valence-electron chi connectivity index (χ2n) is 5.82. The molecule has 0 spiro atoms. The van der Waals surface area contributed by atoms with Gasteiger partial charge in [-0.1, -0.05) is 31.9 Å². The van der Waals surface area contributed by atoms with E-state index in [0.29, 0.717) is 0 Å². The van der Waals surface area contributed by atoms with Crippen molar-refractivity contribution in [3.8, 4) is 5.75 Å². The van der Waals surface area contributed by atoms with Crippen LogP contribution in [-0.4, -0.2) is 13.2 Å². The van der Waals surface area contributed by atoms with Crippen molar-refractivity contribution in [3.05, 3.63) is 28.8 Å². The van der Waals surface area contributed by atoms with Gasteiger partial charge >= 0.3 is 0 Å². The van der Waals surface area contributed by atoms with Crippen LogP contribution in [0.25, 0.3) is 0 Å². The van der Waals surface area contributed by atoms with Gasteiger partial charge < -0.3 is 10.1 Å². The first kappa shape index (κ1) is 14.4. The molecule has 0 saturated heterocycles. The molecule has 19 heavy (non-hydrogen) atoms.